The minimum absolute atomic E-state index is 0.138. The van der Waals surface area contributed by atoms with Gasteiger partial charge in [0.25, 0.3) is 5.91 Å². The molecule has 0 radical (unpaired) electrons. The number of amides is 1. The minimum Gasteiger partial charge on any atom is -0.389 e. The highest BCUT2D eigenvalue weighted by Gasteiger charge is 2.22. The van der Waals surface area contributed by atoms with Gasteiger partial charge in [0.05, 0.1) is 57.9 Å². The molecule has 0 bridgehead atoms. The monoisotopic (exact) mass is 594 g/mol. The van der Waals surface area contributed by atoms with E-state index in [0.29, 0.717) is 47.1 Å². The average molecular weight is 595 g/mol. The van der Waals surface area contributed by atoms with Crippen LogP contribution >= 0.6 is 11.3 Å². The Labute approximate surface area is 248 Å². The fraction of sp³-hybridized carbons (Fsp3) is 0.467. The molecule has 0 atom stereocenters. The normalized spacial score (nSPS) is 15.7. The van der Waals surface area contributed by atoms with Gasteiger partial charge in [-0.3, -0.25) is 19.6 Å². The van der Waals surface area contributed by atoms with Crippen LogP contribution in [0.1, 0.15) is 42.2 Å². The molecule has 1 fully saturated rings. The van der Waals surface area contributed by atoms with Gasteiger partial charge in [-0.25, -0.2) is 14.4 Å². The number of aliphatic hydroxyl groups is 1. The second kappa shape index (κ2) is 12.3. The molecule has 4 heterocycles. The highest BCUT2D eigenvalue weighted by molar-refractivity contribution is 7.15. The van der Waals surface area contributed by atoms with Crippen LogP contribution in [0.3, 0.4) is 0 Å². The second-order valence-electron chi connectivity index (χ2n) is 11.3. The summed E-state index contributed by atoms with van der Waals surface area (Å²) in [5, 5.41) is 13.4. The van der Waals surface area contributed by atoms with Crippen LogP contribution in [-0.4, -0.2) is 97.8 Å². The Morgan fingerprint density at radius 1 is 1.19 bits per heavy atom. The maximum absolute atomic E-state index is 13.5. The van der Waals surface area contributed by atoms with Gasteiger partial charge in [0, 0.05) is 31.1 Å². The average Bonchev–Trinajstić information content (AvgIpc) is 3.65. The zero-order valence-corrected chi connectivity index (χ0v) is 25.8. The first-order chi connectivity index (χ1) is 20.1. The summed E-state index contributed by atoms with van der Waals surface area (Å²) < 4.78 is 11.1. The van der Waals surface area contributed by atoms with Crippen LogP contribution in [-0.2, 0) is 17.8 Å². The summed E-state index contributed by atoms with van der Waals surface area (Å²) in [6.45, 7) is 12.9. The van der Waals surface area contributed by atoms with Gasteiger partial charge in [-0.1, -0.05) is 6.08 Å². The number of fused-ring (bicyclic) bond motifs is 2. The number of thiophene rings is 1. The van der Waals surface area contributed by atoms with Gasteiger partial charge in [-0.15, -0.1) is 11.3 Å². The minimum atomic E-state index is -1.07. The molecule has 3 N–H and O–H groups in total. The Bertz CT molecular complexity index is 1710. The molecular formula is C30H40N7O4S+. The second-order valence-corrected chi connectivity index (χ2v) is 12.4. The van der Waals surface area contributed by atoms with E-state index in [2.05, 4.69) is 32.9 Å². The van der Waals surface area contributed by atoms with Crippen molar-refractivity contribution in [1.29, 1.82) is 0 Å². The number of ether oxygens (including phenoxy) is 1. The Balaban J connectivity index is 1.50. The number of carbonyl (C=O) groups excluding carboxylic acids is 1. The smallest absolute Gasteiger partial charge is 0.326 e. The van der Waals surface area contributed by atoms with Crippen molar-refractivity contribution in [1.82, 2.24) is 24.0 Å². The Kier molecular flexibility index (Phi) is 8.78. The van der Waals surface area contributed by atoms with Crippen LogP contribution in [0.4, 0.5) is 5.95 Å². The Hall–Kier alpha value is -3.58. The number of carbonyl (C=O) groups is 1. The number of aromatic amines is 1. The van der Waals surface area contributed by atoms with E-state index in [0.717, 1.165) is 42.1 Å². The molecule has 1 aliphatic rings. The van der Waals surface area contributed by atoms with Gasteiger partial charge in [0.2, 0.25) is 5.95 Å². The molecule has 0 unspecified atom stereocenters. The SMILES string of the molecule is CC=C(C=[N+](C)CC)c1ccc(C(=O)Nc2nc3cc4c(cc3n2CCN2CCOCC2)[nH]c(=O)n4CC(C)(C)O)s1. The van der Waals surface area contributed by atoms with Gasteiger partial charge >= 0.3 is 5.69 Å². The number of hydrogen-bond acceptors (Lipinski definition) is 7. The summed E-state index contributed by atoms with van der Waals surface area (Å²) >= 11 is 1.44. The number of benzene rings is 1. The lowest BCUT2D eigenvalue weighted by Gasteiger charge is -2.26. The molecule has 1 aliphatic heterocycles. The van der Waals surface area contributed by atoms with E-state index in [1.54, 1.807) is 13.8 Å². The number of imidazole rings is 2. The predicted molar refractivity (Wildman–Crippen MR) is 168 cm³/mol. The predicted octanol–water partition coefficient (Wildman–Crippen LogP) is 3.23. The fourth-order valence-corrected chi connectivity index (χ4v) is 6.04. The standard InChI is InChI=1S/C30H39N7O4S/c1-6-20(18-34(5)7-2)25-8-9-26(42-25)27(38)33-28-31-21-16-24-22(32-29(39)37(24)19-30(3,4)40)17-23(21)36(28)11-10-35-12-14-41-15-13-35/h6,8-9,16-18,40H,7,10-15,19H2,1-5H3,(H-,31,32,33,38,39)/p+1. The molecular weight excluding hydrogens is 554 g/mol. The van der Waals surface area contributed by atoms with Crippen molar-refractivity contribution in [3.05, 3.63) is 50.6 Å². The molecule has 11 nitrogen and oxygen atoms in total. The van der Waals surface area contributed by atoms with Gasteiger partial charge in [0.15, 0.2) is 6.21 Å². The largest absolute Gasteiger partial charge is 0.389 e. The van der Waals surface area contributed by atoms with Crippen molar-refractivity contribution >= 4 is 57.0 Å². The fourth-order valence-electron chi connectivity index (χ4n) is 5.09. The molecule has 224 valence electrons. The van der Waals surface area contributed by atoms with Crippen molar-refractivity contribution in [2.24, 2.45) is 0 Å². The van der Waals surface area contributed by atoms with E-state index in [4.69, 9.17) is 9.72 Å². The number of anilines is 1. The van der Waals surface area contributed by atoms with Gasteiger partial charge in [-0.05, 0) is 52.0 Å². The number of H-pyrrole nitrogens is 1. The highest BCUT2D eigenvalue weighted by atomic mass is 32.1. The van der Waals surface area contributed by atoms with Crippen molar-refractivity contribution in [3.8, 4) is 0 Å². The third-order valence-electron chi connectivity index (χ3n) is 7.44. The Morgan fingerprint density at radius 3 is 2.62 bits per heavy atom. The number of nitrogens with zero attached hydrogens (tertiary/aromatic N) is 5. The molecule has 12 heteroatoms. The van der Waals surface area contributed by atoms with Gasteiger partial charge in [-0.2, -0.15) is 0 Å². The first kappa shape index (κ1) is 29.9. The van der Waals surface area contributed by atoms with E-state index in [9.17, 15) is 14.7 Å². The van der Waals surface area contributed by atoms with Crippen LogP contribution in [0, 0.1) is 0 Å². The zero-order valence-electron chi connectivity index (χ0n) is 24.9. The van der Waals surface area contributed by atoms with Gasteiger partial charge in [0.1, 0.15) is 13.6 Å². The number of aromatic nitrogens is 4. The summed E-state index contributed by atoms with van der Waals surface area (Å²) in [4.78, 5) is 37.9. The highest BCUT2D eigenvalue weighted by Crippen LogP contribution is 2.28. The van der Waals surface area contributed by atoms with Crippen LogP contribution in [0.2, 0.25) is 0 Å². The summed E-state index contributed by atoms with van der Waals surface area (Å²) in [5.74, 6) is 0.226. The number of morpholine rings is 1. The molecule has 0 aliphatic carbocycles. The van der Waals surface area contributed by atoms with E-state index in [1.807, 2.05) is 48.9 Å². The Morgan fingerprint density at radius 2 is 1.93 bits per heavy atom. The van der Waals surface area contributed by atoms with Crippen molar-refractivity contribution in [2.75, 3.05) is 51.8 Å². The number of nitrogens with one attached hydrogen (secondary N) is 2. The summed E-state index contributed by atoms with van der Waals surface area (Å²) in [6, 6.07) is 7.56. The maximum atomic E-state index is 13.5. The van der Waals surface area contributed by atoms with E-state index < -0.39 is 5.60 Å². The van der Waals surface area contributed by atoms with Gasteiger partial charge < -0.3 is 19.4 Å². The summed E-state index contributed by atoms with van der Waals surface area (Å²) in [6.07, 6.45) is 4.13. The third kappa shape index (κ3) is 6.57. The third-order valence-corrected chi connectivity index (χ3v) is 8.57. The first-order valence-electron chi connectivity index (χ1n) is 14.3. The topological polar surface area (TPSA) is 120 Å². The van der Waals surface area contributed by atoms with Crippen LogP contribution in [0.25, 0.3) is 27.6 Å². The van der Waals surface area contributed by atoms with E-state index in [-0.39, 0.29) is 18.1 Å². The van der Waals surface area contributed by atoms with Crippen LogP contribution in [0.5, 0.6) is 0 Å². The van der Waals surface area contributed by atoms with Crippen molar-refractivity contribution in [2.45, 2.75) is 46.4 Å². The van der Waals surface area contributed by atoms with Crippen molar-refractivity contribution in [3.63, 3.8) is 0 Å². The quantitative estimate of drug-likeness (QED) is 0.192. The molecule has 1 amide bonds. The molecule has 3 aromatic heterocycles. The van der Waals surface area contributed by atoms with Crippen LogP contribution in [0.15, 0.2) is 35.1 Å². The van der Waals surface area contributed by atoms with Crippen molar-refractivity contribution < 1.29 is 19.2 Å². The lowest BCUT2D eigenvalue weighted by Crippen LogP contribution is -2.38. The van der Waals surface area contributed by atoms with Crippen LogP contribution < -0.4 is 11.0 Å². The molecule has 1 aromatic carbocycles. The number of allylic oxidation sites excluding steroid dienone is 2. The molecule has 4 aromatic rings. The summed E-state index contributed by atoms with van der Waals surface area (Å²) in [7, 11) is 2.03. The molecule has 1 saturated heterocycles. The molecule has 0 spiro atoms. The number of rotatable bonds is 10. The van der Waals surface area contributed by atoms with E-state index >= 15 is 0 Å². The van der Waals surface area contributed by atoms with E-state index in [1.165, 1.54) is 15.9 Å². The molecule has 42 heavy (non-hydrogen) atoms. The lowest BCUT2D eigenvalue weighted by molar-refractivity contribution is -0.487. The zero-order chi connectivity index (χ0) is 30.0. The molecule has 0 saturated carbocycles. The first-order valence-corrected chi connectivity index (χ1v) is 15.2. The summed E-state index contributed by atoms with van der Waals surface area (Å²) in [5.41, 5.74) is 2.47. The maximum Gasteiger partial charge on any atom is 0.326 e. The number of hydrogen-bond donors (Lipinski definition) is 3. The lowest BCUT2D eigenvalue weighted by atomic mass is 10.1. The molecule has 5 rings (SSSR count).